The summed E-state index contributed by atoms with van der Waals surface area (Å²) in [4.78, 5) is 8.64. The first-order valence-electron chi connectivity index (χ1n) is 6.14. The summed E-state index contributed by atoms with van der Waals surface area (Å²) in [6, 6.07) is 3.80. The Kier molecular flexibility index (Phi) is 3.78. The molecule has 5 heteroatoms. The first-order chi connectivity index (χ1) is 9.02. The van der Waals surface area contributed by atoms with E-state index in [1.54, 1.807) is 6.20 Å². The summed E-state index contributed by atoms with van der Waals surface area (Å²) in [6.45, 7) is 6.00. The van der Waals surface area contributed by atoms with Gasteiger partial charge >= 0.3 is 0 Å². The summed E-state index contributed by atoms with van der Waals surface area (Å²) in [6.07, 6.45) is 3.56. The van der Waals surface area contributed by atoms with Crippen molar-refractivity contribution in [3.05, 3.63) is 52.5 Å². The Morgan fingerprint density at radius 1 is 1.05 bits per heavy atom. The number of nitrogen functional groups attached to an aromatic ring is 1. The summed E-state index contributed by atoms with van der Waals surface area (Å²) in [5.41, 5.74) is 13.7. The van der Waals surface area contributed by atoms with E-state index in [0.29, 0.717) is 5.82 Å². The molecule has 1 atom stereocenters. The van der Waals surface area contributed by atoms with Crippen LogP contribution in [0.1, 0.15) is 34.0 Å². The average Bonchev–Trinajstić information content (AvgIpc) is 2.36. The third-order valence-corrected chi connectivity index (χ3v) is 3.09. The molecule has 2 rings (SSSR count). The molecule has 0 spiro atoms. The lowest BCUT2D eigenvalue weighted by atomic mass is 9.99. The smallest absolute Gasteiger partial charge is 0.128 e. The van der Waals surface area contributed by atoms with Crippen molar-refractivity contribution < 1.29 is 0 Å². The van der Waals surface area contributed by atoms with E-state index in [-0.39, 0.29) is 6.04 Å². The maximum absolute atomic E-state index is 5.95. The highest BCUT2D eigenvalue weighted by Gasteiger charge is 2.19. The summed E-state index contributed by atoms with van der Waals surface area (Å²) < 4.78 is 0. The lowest BCUT2D eigenvalue weighted by molar-refractivity contribution is 0.616. The lowest BCUT2D eigenvalue weighted by Crippen LogP contribution is -2.31. The first-order valence-corrected chi connectivity index (χ1v) is 6.14. The molecular formula is C14H19N5. The molecule has 19 heavy (non-hydrogen) atoms. The first kappa shape index (κ1) is 13.5. The number of hydrazine groups is 1. The normalized spacial score (nSPS) is 12.4. The van der Waals surface area contributed by atoms with E-state index in [9.17, 15) is 0 Å². The van der Waals surface area contributed by atoms with Gasteiger partial charge in [-0.2, -0.15) is 0 Å². The van der Waals surface area contributed by atoms with Gasteiger partial charge < -0.3 is 5.73 Å². The summed E-state index contributed by atoms with van der Waals surface area (Å²) in [5.74, 6) is 6.16. The largest absolute Gasteiger partial charge is 0.383 e. The van der Waals surface area contributed by atoms with Gasteiger partial charge in [0, 0.05) is 18.0 Å². The molecular weight excluding hydrogens is 238 g/mol. The van der Waals surface area contributed by atoms with Crippen molar-refractivity contribution in [3.8, 4) is 0 Å². The zero-order valence-corrected chi connectivity index (χ0v) is 11.4. The molecule has 0 radical (unpaired) electrons. The van der Waals surface area contributed by atoms with Crippen LogP contribution in [0.4, 0.5) is 5.82 Å². The van der Waals surface area contributed by atoms with Crippen molar-refractivity contribution in [1.82, 2.24) is 15.4 Å². The van der Waals surface area contributed by atoms with Gasteiger partial charge in [-0.3, -0.25) is 10.8 Å². The molecule has 0 bridgehead atoms. The molecule has 0 amide bonds. The predicted molar refractivity (Wildman–Crippen MR) is 76.3 cm³/mol. The molecule has 2 heterocycles. The molecule has 0 aliphatic carbocycles. The molecule has 100 valence electrons. The summed E-state index contributed by atoms with van der Waals surface area (Å²) >= 11 is 0. The molecule has 0 saturated heterocycles. The highest BCUT2D eigenvalue weighted by atomic mass is 15.2. The Morgan fingerprint density at radius 2 is 1.68 bits per heavy atom. The van der Waals surface area contributed by atoms with Gasteiger partial charge in [0.1, 0.15) is 5.82 Å². The predicted octanol–water partition coefficient (Wildman–Crippen LogP) is 1.54. The number of aromatic nitrogens is 2. The van der Waals surface area contributed by atoms with Gasteiger partial charge in [0.05, 0.1) is 11.7 Å². The zero-order chi connectivity index (χ0) is 14.0. The Morgan fingerprint density at radius 3 is 2.32 bits per heavy atom. The number of nitrogens with two attached hydrogens (primary N) is 2. The van der Waals surface area contributed by atoms with Crippen LogP contribution in [-0.2, 0) is 0 Å². The number of hydrogen-bond acceptors (Lipinski definition) is 5. The maximum Gasteiger partial charge on any atom is 0.128 e. The standard InChI is InChI=1S/C14H19N5/c1-8-4-10(3)12(17-6-8)13(19-16)11-5-9(2)7-18-14(11)15/h4-7,13,19H,16H2,1-3H3,(H2,15,18). The van der Waals surface area contributed by atoms with Gasteiger partial charge in [0.15, 0.2) is 0 Å². The van der Waals surface area contributed by atoms with E-state index < -0.39 is 0 Å². The Hall–Kier alpha value is -1.98. The van der Waals surface area contributed by atoms with Gasteiger partial charge in [0.25, 0.3) is 0 Å². The van der Waals surface area contributed by atoms with Crippen molar-refractivity contribution in [1.29, 1.82) is 0 Å². The average molecular weight is 257 g/mol. The third-order valence-electron chi connectivity index (χ3n) is 3.09. The van der Waals surface area contributed by atoms with Gasteiger partial charge in [-0.1, -0.05) is 6.07 Å². The molecule has 0 saturated carbocycles. The van der Waals surface area contributed by atoms with E-state index in [1.807, 2.05) is 33.0 Å². The van der Waals surface area contributed by atoms with Gasteiger partial charge in [-0.05, 0) is 43.5 Å². The van der Waals surface area contributed by atoms with Crippen LogP contribution < -0.4 is 17.0 Å². The second kappa shape index (κ2) is 5.34. The topological polar surface area (TPSA) is 89.8 Å². The number of anilines is 1. The fraction of sp³-hybridized carbons (Fsp3) is 0.286. The van der Waals surface area contributed by atoms with Crippen LogP contribution in [0.25, 0.3) is 0 Å². The minimum atomic E-state index is -0.256. The minimum Gasteiger partial charge on any atom is -0.383 e. The molecule has 2 aromatic heterocycles. The van der Waals surface area contributed by atoms with Crippen molar-refractivity contribution >= 4 is 5.82 Å². The quantitative estimate of drug-likeness (QED) is 0.573. The molecule has 0 fully saturated rings. The fourth-order valence-corrected chi connectivity index (χ4v) is 2.18. The van der Waals surface area contributed by atoms with E-state index >= 15 is 0 Å². The molecule has 5 nitrogen and oxygen atoms in total. The zero-order valence-electron chi connectivity index (χ0n) is 11.4. The van der Waals surface area contributed by atoms with Crippen LogP contribution in [0, 0.1) is 20.8 Å². The van der Waals surface area contributed by atoms with Crippen LogP contribution in [0.2, 0.25) is 0 Å². The molecule has 0 aliphatic heterocycles. The maximum atomic E-state index is 5.95. The van der Waals surface area contributed by atoms with Crippen molar-refractivity contribution in [2.75, 3.05) is 5.73 Å². The van der Waals surface area contributed by atoms with Crippen LogP contribution in [0.5, 0.6) is 0 Å². The molecule has 2 aromatic rings. The van der Waals surface area contributed by atoms with Crippen molar-refractivity contribution in [2.45, 2.75) is 26.8 Å². The second-order valence-electron chi connectivity index (χ2n) is 4.80. The Labute approximate surface area is 113 Å². The minimum absolute atomic E-state index is 0.256. The lowest BCUT2D eigenvalue weighted by Gasteiger charge is -2.19. The number of nitrogens with one attached hydrogen (secondary N) is 1. The van der Waals surface area contributed by atoms with Crippen LogP contribution >= 0.6 is 0 Å². The van der Waals surface area contributed by atoms with Gasteiger partial charge in [0.2, 0.25) is 0 Å². The number of rotatable bonds is 3. The SMILES string of the molecule is Cc1cnc(C(NN)c2cc(C)cnc2N)c(C)c1. The third kappa shape index (κ3) is 2.72. The number of hydrogen-bond donors (Lipinski definition) is 3. The van der Waals surface area contributed by atoms with Gasteiger partial charge in [-0.25, -0.2) is 10.4 Å². The van der Waals surface area contributed by atoms with Crippen molar-refractivity contribution in [2.24, 2.45) is 5.84 Å². The van der Waals surface area contributed by atoms with Crippen LogP contribution in [-0.4, -0.2) is 9.97 Å². The second-order valence-corrected chi connectivity index (χ2v) is 4.80. The number of pyridine rings is 2. The Balaban J connectivity index is 2.52. The van der Waals surface area contributed by atoms with E-state index in [4.69, 9.17) is 11.6 Å². The Bertz CT molecular complexity index is 594. The number of nitrogens with zero attached hydrogens (tertiary/aromatic N) is 2. The monoisotopic (exact) mass is 257 g/mol. The van der Waals surface area contributed by atoms with E-state index in [0.717, 1.165) is 27.9 Å². The molecule has 0 aromatic carbocycles. The van der Waals surface area contributed by atoms with Crippen LogP contribution in [0.3, 0.4) is 0 Å². The summed E-state index contributed by atoms with van der Waals surface area (Å²) in [7, 11) is 0. The van der Waals surface area contributed by atoms with E-state index in [2.05, 4.69) is 21.5 Å². The summed E-state index contributed by atoms with van der Waals surface area (Å²) in [5, 5.41) is 0. The fourth-order valence-electron chi connectivity index (χ4n) is 2.18. The van der Waals surface area contributed by atoms with Crippen LogP contribution in [0.15, 0.2) is 24.5 Å². The van der Waals surface area contributed by atoms with Gasteiger partial charge in [-0.15, -0.1) is 0 Å². The van der Waals surface area contributed by atoms with Crippen molar-refractivity contribution in [3.63, 3.8) is 0 Å². The highest BCUT2D eigenvalue weighted by molar-refractivity contribution is 5.47. The number of aryl methyl sites for hydroxylation is 3. The van der Waals surface area contributed by atoms with E-state index in [1.165, 1.54) is 0 Å². The molecule has 5 N–H and O–H groups in total. The highest BCUT2D eigenvalue weighted by Crippen LogP contribution is 2.26. The molecule has 0 aliphatic rings. The molecule has 1 unspecified atom stereocenters.